The van der Waals surface area contributed by atoms with Crippen molar-refractivity contribution in [2.45, 2.75) is 52.3 Å². The van der Waals surface area contributed by atoms with Gasteiger partial charge in [0, 0.05) is 50.4 Å². The summed E-state index contributed by atoms with van der Waals surface area (Å²) in [6, 6.07) is 16.7. The summed E-state index contributed by atoms with van der Waals surface area (Å²) < 4.78 is 94.6. The number of ether oxygens (including phenoxy) is 2. The van der Waals surface area contributed by atoms with Gasteiger partial charge in [-0.15, -0.1) is 5.10 Å². The molecule has 2 aliphatic rings. The summed E-state index contributed by atoms with van der Waals surface area (Å²) in [6.07, 6.45) is -7.65. The third-order valence-electron chi connectivity index (χ3n) is 11.1. The van der Waals surface area contributed by atoms with Gasteiger partial charge in [-0.3, -0.25) is 19.3 Å². The second-order valence-corrected chi connectivity index (χ2v) is 16.0. The first-order valence-corrected chi connectivity index (χ1v) is 21.1. The molecule has 5 heterocycles. The van der Waals surface area contributed by atoms with Crippen molar-refractivity contribution in [1.82, 2.24) is 38.9 Å². The number of benzene rings is 3. The molecule has 346 valence electrons. The number of nitrogens with one attached hydrogen (secondary N) is 1. The van der Waals surface area contributed by atoms with Crippen LogP contribution in [0.3, 0.4) is 0 Å². The molecule has 6 aromatic rings. The van der Waals surface area contributed by atoms with Crippen molar-refractivity contribution in [3.63, 3.8) is 0 Å². The molecule has 0 spiro atoms. The number of hydrogen-bond donors (Lipinski definition) is 1. The Kier molecular flexibility index (Phi) is 12.9. The fraction of sp³-hybridized carbons (Fsp3) is 0.341. The fourth-order valence-electron chi connectivity index (χ4n) is 7.95. The third kappa shape index (κ3) is 9.91. The second kappa shape index (κ2) is 18.6. The lowest BCUT2D eigenvalue weighted by atomic mass is 10.1. The van der Waals surface area contributed by atoms with Crippen LogP contribution in [0, 0.1) is 6.92 Å². The molecule has 0 atom stereocenters. The summed E-state index contributed by atoms with van der Waals surface area (Å²) in [5.74, 6) is -0.552. The molecule has 66 heavy (non-hydrogen) atoms. The van der Waals surface area contributed by atoms with Crippen molar-refractivity contribution < 1.29 is 45.4 Å². The molecule has 0 radical (unpaired) electrons. The maximum atomic E-state index is 14.6. The first kappa shape index (κ1) is 45.8. The minimum atomic E-state index is -4.67. The largest absolute Gasteiger partial charge is 0.492 e. The van der Waals surface area contributed by atoms with E-state index >= 15 is 0 Å². The summed E-state index contributed by atoms with van der Waals surface area (Å²) in [4.78, 5) is 60.2. The van der Waals surface area contributed by atoms with Crippen LogP contribution < -0.4 is 25.2 Å². The Labute approximate surface area is 377 Å². The first-order chi connectivity index (χ1) is 31.5. The van der Waals surface area contributed by atoms with E-state index in [-0.39, 0.29) is 98.3 Å². The Morgan fingerprint density at radius 1 is 0.939 bits per heavy atom. The van der Waals surface area contributed by atoms with Gasteiger partial charge in [-0.1, -0.05) is 48.9 Å². The first-order valence-electron chi connectivity index (χ1n) is 20.7. The van der Waals surface area contributed by atoms with E-state index in [1.165, 1.54) is 15.8 Å². The monoisotopic (exact) mass is 938 g/mol. The van der Waals surface area contributed by atoms with Crippen LogP contribution in [0.15, 0.2) is 77.9 Å². The summed E-state index contributed by atoms with van der Waals surface area (Å²) in [5, 5.41) is 6.76. The van der Waals surface area contributed by atoms with Crippen LogP contribution in [-0.4, -0.2) is 103 Å². The zero-order valence-electron chi connectivity index (χ0n) is 35.4. The van der Waals surface area contributed by atoms with Crippen LogP contribution in [0.5, 0.6) is 11.5 Å². The molecule has 2 amide bonds. The molecule has 2 aliphatic heterocycles. The second-order valence-electron chi connectivity index (χ2n) is 15.6. The van der Waals surface area contributed by atoms with E-state index < -0.39 is 48.4 Å². The van der Waals surface area contributed by atoms with Gasteiger partial charge in [0.15, 0.2) is 17.3 Å². The molecule has 22 heteroatoms. The molecule has 8 rings (SSSR count). The zero-order chi connectivity index (χ0) is 46.9. The van der Waals surface area contributed by atoms with Crippen LogP contribution in [0.25, 0.3) is 17.2 Å². The van der Waals surface area contributed by atoms with Gasteiger partial charge in [-0.05, 0) is 55.3 Å². The van der Waals surface area contributed by atoms with Crippen molar-refractivity contribution >= 4 is 40.6 Å². The number of halogens is 7. The summed E-state index contributed by atoms with van der Waals surface area (Å²) >= 11 is 6.18. The molecular weight excluding hydrogens is 898 g/mol. The maximum absolute atomic E-state index is 14.6. The molecule has 0 unspecified atom stereocenters. The molecule has 3 aromatic carbocycles. The minimum Gasteiger partial charge on any atom is -0.492 e. The maximum Gasteiger partial charge on any atom is 0.416 e. The standard InChI is InChI=1S/C44H41ClF6N10O5/c1-3-33-37(58-13-15-59(16-14-58)40(63)36-38(26(2)52-25-53-36)66-23-27-7-5-4-6-8-27)41(64)61-42(60(33)22-35(62)54-32-11-10-30(20-31(32)45)44(49,50)51)55-39(56-61)28-9-12-34-29(19-28)21-57(17-18-65-34)24-43(46,47)48/h4-12,19-20,25H,3,13-18,21-24H2,1-2H3,(H,54,62). The van der Waals surface area contributed by atoms with Gasteiger partial charge in [-0.25, -0.2) is 9.97 Å². The van der Waals surface area contributed by atoms with E-state index in [0.717, 1.165) is 22.2 Å². The number of fused-ring (bicyclic) bond motifs is 2. The van der Waals surface area contributed by atoms with Crippen molar-refractivity contribution in [3.8, 4) is 22.9 Å². The van der Waals surface area contributed by atoms with Crippen LogP contribution in [-0.2, 0) is 37.1 Å². The summed E-state index contributed by atoms with van der Waals surface area (Å²) in [7, 11) is 0. The van der Waals surface area contributed by atoms with Crippen LogP contribution in [0.2, 0.25) is 5.02 Å². The lowest BCUT2D eigenvalue weighted by molar-refractivity contribution is -0.147. The highest BCUT2D eigenvalue weighted by molar-refractivity contribution is 6.33. The summed E-state index contributed by atoms with van der Waals surface area (Å²) in [6.45, 7) is 2.61. The molecule has 1 fully saturated rings. The van der Waals surface area contributed by atoms with E-state index in [2.05, 4.69) is 25.4 Å². The van der Waals surface area contributed by atoms with E-state index in [1.807, 2.05) is 30.3 Å². The van der Waals surface area contributed by atoms with Crippen molar-refractivity contribution in [2.75, 3.05) is 56.1 Å². The number of anilines is 2. The van der Waals surface area contributed by atoms with Gasteiger partial charge in [-0.2, -0.15) is 35.8 Å². The molecular formula is C44H41ClF6N10O5. The van der Waals surface area contributed by atoms with Crippen molar-refractivity contribution in [3.05, 3.63) is 122 Å². The van der Waals surface area contributed by atoms with Gasteiger partial charge < -0.3 is 29.2 Å². The van der Waals surface area contributed by atoms with Crippen molar-refractivity contribution in [1.29, 1.82) is 0 Å². The topological polar surface area (TPSA) is 152 Å². The average molecular weight is 939 g/mol. The Hall–Kier alpha value is -6.74. The average Bonchev–Trinajstić information content (AvgIpc) is 3.64. The Bertz CT molecular complexity index is 2850. The van der Waals surface area contributed by atoms with Gasteiger partial charge >= 0.3 is 12.4 Å². The van der Waals surface area contributed by atoms with E-state index in [4.69, 9.17) is 21.1 Å². The minimum absolute atomic E-state index is 0.0153. The highest BCUT2D eigenvalue weighted by atomic mass is 35.5. The van der Waals surface area contributed by atoms with Crippen LogP contribution in [0.4, 0.5) is 37.7 Å². The van der Waals surface area contributed by atoms with Gasteiger partial charge in [0.1, 0.15) is 37.5 Å². The van der Waals surface area contributed by atoms with Gasteiger partial charge in [0.25, 0.3) is 11.5 Å². The highest BCUT2D eigenvalue weighted by Gasteiger charge is 2.34. The van der Waals surface area contributed by atoms with Gasteiger partial charge in [0.05, 0.1) is 34.2 Å². The SMILES string of the molecule is CCc1c(N2CCN(C(=O)c3ncnc(C)c3OCc3ccccc3)CC2)c(=O)n2nc(-c3ccc4c(c3)CN(CC(F)(F)F)CCO4)nc2n1CC(=O)Nc1ccc(C(F)(F)F)cc1Cl. The van der Waals surface area contributed by atoms with E-state index in [1.54, 1.807) is 41.8 Å². The zero-order valence-corrected chi connectivity index (χ0v) is 36.2. The number of alkyl halides is 6. The van der Waals surface area contributed by atoms with Gasteiger partial charge in [0.2, 0.25) is 11.7 Å². The highest BCUT2D eigenvalue weighted by Crippen LogP contribution is 2.35. The van der Waals surface area contributed by atoms with E-state index in [9.17, 15) is 40.7 Å². The number of aromatic nitrogens is 6. The lowest BCUT2D eigenvalue weighted by Crippen LogP contribution is -2.51. The molecule has 0 bridgehead atoms. The smallest absolute Gasteiger partial charge is 0.416 e. The number of piperazine rings is 1. The number of carbonyl (C=O) groups is 2. The van der Waals surface area contributed by atoms with Crippen LogP contribution in [0.1, 0.15) is 45.5 Å². The molecule has 1 saturated heterocycles. The number of nitrogens with zero attached hydrogens (tertiary/aromatic N) is 9. The molecule has 0 saturated carbocycles. The quantitative estimate of drug-likeness (QED) is 0.136. The fourth-order valence-corrected chi connectivity index (χ4v) is 8.18. The number of carbonyl (C=O) groups excluding carboxylic acids is 2. The third-order valence-corrected chi connectivity index (χ3v) is 11.4. The van der Waals surface area contributed by atoms with Crippen molar-refractivity contribution in [2.24, 2.45) is 0 Å². The predicted molar refractivity (Wildman–Crippen MR) is 230 cm³/mol. The Balaban J connectivity index is 1.12. The Morgan fingerprint density at radius 3 is 2.39 bits per heavy atom. The number of rotatable bonds is 11. The molecule has 15 nitrogen and oxygen atoms in total. The number of aryl methyl sites for hydroxylation is 1. The molecule has 1 N–H and O–H groups in total. The summed E-state index contributed by atoms with van der Waals surface area (Å²) in [5.41, 5.74) is 1.05. The number of amides is 2. The van der Waals surface area contributed by atoms with Crippen LogP contribution >= 0.6 is 11.6 Å². The number of hydrogen-bond acceptors (Lipinski definition) is 11. The normalized spacial score (nSPS) is 14.7. The molecule has 3 aromatic heterocycles. The molecule has 0 aliphatic carbocycles. The lowest BCUT2D eigenvalue weighted by Gasteiger charge is -2.36. The Morgan fingerprint density at radius 2 is 1.70 bits per heavy atom. The predicted octanol–water partition coefficient (Wildman–Crippen LogP) is 6.83. The van der Waals surface area contributed by atoms with E-state index in [0.29, 0.717) is 34.3 Å².